The lowest BCUT2D eigenvalue weighted by molar-refractivity contribution is 0.295. The molecule has 0 N–H and O–H groups in total. The zero-order valence-electron chi connectivity index (χ0n) is 11.7. The summed E-state index contributed by atoms with van der Waals surface area (Å²) in [5.41, 5.74) is 1.48. The van der Waals surface area contributed by atoms with Gasteiger partial charge in [-0.1, -0.05) is 0 Å². The van der Waals surface area contributed by atoms with Gasteiger partial charge in [0.2, 0.25) is 0 Å². The average molecular weight is 348 g/mol. The topological polar surface area (TPSA) is 51.5 Å². The summed E-state index contributed by atoms with van der Waals surface area (Å²) >= 11 is 3.42. The molecule has 21 heavy (non-hydrogen) atoms. The van der Waals surface area contributed by atoms with Gasteiger partial charge in [0.1, 0.15) is 23.9 Å². The van der Waals surface area contributed by atoms with Crippen LogP contribution in [-0.2, 0) is 6.61 Å². The molecule has 2 rings (SSSR count). The molecule has 0 aliphatic rings. The van der Waals surface area contributed by atoms with Gasteiger partial charge in [-0.15, -0.1) is 0 Å². The first-order chi connectivity index (χ1) is 10.2. The molecule has 0 atom stereocenters. The first-order valence-corrected chi connectivity index (χ1v) is 7.00. The van der Waals surface area contributed by atoms with Crippen LogP contribution in [0.2, 0.25) is 0 Å². The molecule has 0 saturated carbocycles. The molecular weight excluding hydrogens is 334 g/mol. The Bertz CT molecular complexity index is 662. The van der Waals surface area contributed by atoms with Crippen LogP contribution in [0.4, 0.5) is 0 Å². The molecule has 0 heterocycles. The molecule has 2 aromatic carbocycles. The van der Waals surface area contributed by atoms with Crippen LogP contribution in [0.25, 0.3) is 0 Å². The molecule has 5 heteroatoms. The number of nitriles is 1. The van der Waals surface area contributed by atoms with Crippen LogP contribution in [0.1, 0.15) is 11.1 Å². The molecule has 0 aromatic heterocycles. The molecule has 0 aliphatic heterocycles. The van der Waals surface area contributed by atoms with Gasteiger partial charge in [0.25, 0.3) is 0 Å². The van der Waals surface area contributed by atoms with Crippen molar-refractivity contribution in [2.24, 2.45) is 0 Å². The second kappa shape index (κ2) is 7.00. The Balaban J connectivity index is 2.16. The molecule has 4 nitrogen and oxygen atoms in total. The number of hydrogen-bond donors (Lipinski definition) is 0. The molecule has 108 valence electrons. The first-order valence-electron chi connectivity index (χ1n) is 6.21. The van der Waals surface area contributed by atoms with Gasteiger partial charge in [-0.2, -0.15) is 5.26 Å². The number of halogens is 1. The van der Waals surface area contributed by atoms with Crippen molar-refractivity contribution in [2.75, 3.05) is 14.2 Å². The van der Waals surface area contributed by atoms with Crippen LogP contribution in [0.15, 0.2) is 40.9 Å². The first kappa shape index (κ1) is 15.2. The van der Waals surface area contributed by atoms with Crippen molar-refractivity contribution in [3.63, 3.8) is 0 Å². The van der Waals surface area contributed by atoms with Crippen molar-refractivity contribution in [1.82, 2.24) is 0 Å². The minimum atomic E-state index is 0.346. The molecule has 0 bridgehead atoms. The summed E-state index contributed by atoms with van der Waals surface area (Å²) in [5.74, 6) is 2.13. The zero-order valence-corrected chi connectivity index (χ0v) is 13.3. The molecule has 0 radical (unpaired) electrons. The van der Waals surface area contributed by atoms with Crippen molar-refractivity contribution in [1.29, 1.82) is 5.26 Å². The Labute approximate surface area is 132 Å². The van der Waals surface area contributed by atoms with E-state index in [1.165, 1.54) is 0 Å². The van der Waals surface area contributed by atoms with E-state index in [1.807, 2.05) is 12.1 Å². The third-order valence-electron chi connectivity index (χ3n) is 2.93. The fourth-order valence-electron chi connectivity index (χ4n) is 1.82. The Kier molecular flexibility index (Phi) is 5.07. The zero-order chi connectivity index (χ0) is 15.2. The van der Waals surface area contributed by atoms with E-state index < -0.39 is 0 Å². The molecule has 0 unspecified atom stereocenters. The van der Waals surface area contributed by atoms with Gasteiger partial charge in [-0.3, -0.25) is 0 Å². The highest BCUT2D eigenvalue weighted by Gasteiger charge is 2.10. The van der Waals surface area contributed by atoms with Gasteiger partial charge in [-0.25, -0.2) is 0 Å². The van der Waals surface area contributed by atoms with Crippen molar-refractivity contribution < 1.29 is 14.2 Å². The summed E-state index contributed by atoms with van der Waals surface area (Å²) in [5, 5.41) is 8.76. The number of hydrogen-bond acceptors (Lipinski definition) is 4. The third-order valence-corrected chi connectivity index (χ3v) is 3.55. The Morgan fingerprint density at radius 1 is 1.05 bits per heavy atom. The second-order valence-electron chi connectivity index (χ2n) is 4.22. The SMILES string of the molecule is COc1cc(COc2ccc(C#N)cc2)c(OC)cc1Br. The number of methoxy groups -OCH3 is 2. The monoisotopic (exact) mass is 347 g/mol. The largest absolute Gasteiger partial charge is 0.496 e. The van der Waals surface area contributed by atoms with E-state index in [4.69, 9.17) is 19.5 Å². The smallest absolute Gasteiger partial charge is 0.133 e. The molecule has 2 aromatic rings. The lowest BCUT2D eigenvalue weighted by atomic mass is 10.2. The summed E-state index contributed by atoms with van der Waals surface area (Å²) in [6, 6.07) is 12.7. The maximum absolute atomic E-state index is 8.76. The van der Waals surface area contributed by atoms with Crippen molar-refractivity contribution in [3.8, 4) is 23.3 Å². The predicted octanol–water partition coefficient (Wildman–Crippen LogP) is 3.92. The Hall–Kier alpha value is -2.19. The standard InChI is InChI=1S/C16H14BrNO3/c1-19-15-8-14(17)16(20-2)7-12(15)10-21-13-5-3-11(9-18)4-6-13/h3-8H,10H2,1-2H3. The number of ether oxygens (including phenoxy) is 3. The Morgan fingerprint density at radius 2 is 1.71 bits per heavy atom. The minimum Gasteiger partial charge on any atom is -0.496 e. The lowest BCUT2D eigenvalue weighted by Crippen LogP contribution is -2.00. The van der Waals surface area contributed by atoms with Crippen LogP contribution in [0, 0.1) is 11.3 Å². The van der Waals surface area contributed by atoms with E-state index in [9.17, 15) is 0 Å². The summed E-state index contributed by atoms with van der Waals surface area (Å²) in [6.45, 7) is 0.346. The van der Waals surface area contributed by atoms with Gasteiger partial charge in [0, 0.05) is 5.56 Å². The highest BCUT2D eigenvalue weighted by molar-refractivity contribution is 9.10. The molecule has 0 amide bonds. The van der Waals surface area contributed by atoms with Crippen LogP contribution < -0.4 is 14.2 Å². The Morgan fingerprint density at radius 3 is 2.29 bits per heavy atom. The number of nitrogens with zero attached hydrogens (tertiary/aromatic N) is 1. The van der Waals surface area contributed by atoms with Gasteiger partial charge >= 0.3 is 0 Å². The minimum absolute atomic E-state index is 0.346. The van der Waals surface area contributed by atoms with E-state index in [-0.39, 0.29) is 0 Å². The van der Waals surface area contributed by atoms with Gasteiger partial charge < -0.3 is 14.2 Å². The fraction of sp³-hybridized carbons (Fsp3) is 0.188. The van der Waals surface area contributed by atoms with Gasteiger partial charge in [0.05, 0.1) is 30.3 Å². The molecule has 0 spiro atoms. The van der Waals surface area contributed by atoms with Crippen molar-refractivity contribution in [2.45, 2.75) is 6.61 Å². The maximum Gasteiger partial charge on any atom is 0.133 e. The fourth-order valence-corrected chi connectivity index (χ4v) is 2.31. The highest BCUT2D eigenvalue weighted by atomic mass is 79.9. The van der Waals surface area contributed by atoms with E-state index >= 15 is 0 Å². The average Bonchev–Trinajstić information content (AvgIpc) is 2.53. The molecule has 0 saturated heterocycles. The van der Waals surface area contributed by atoms with E-state index in [0.29, 0.717) is 23.7 Å². The molecule has 0 aliphatic carbocycles. The number of rotatable bonds is 5. The maximum atomic E-state index is 8.76. The summed E-state index contributed by atoms with van der Waals surface area (Å²) in [7, 11) is 3.22. The van der Waals surface area contributed by atoms with E-state index in [1.54, 1.807) is 38.5 Å². The van der Waals surface area contributed by atoms with Gasteiger partial charge in [-0.05, 0) is 52.3 Å². The van der Waals surface area contributed by atoms with Crippen LogP contribution in [-0.4, -0.2) is 14.2 Å². The second-order valence-corrected chi connectivity index (χ2v) is 5.08. The van der Waals surface area contributed by atoms with Gasteiger partial charge in [0.15, 0.2) is 0 Å². The van der Waals surface area contributed by atoms with E-state index in [0.717, 1.165) is 15.8 Å². The molecule has 0 fully saturated rings. The predicted molar refractivity (Wildman–Crippen MR) is 82.7 cm³/mol. The normalized spacial score (nSPS) is 9.81. The third kappa shape index (κ3) is 3.67. The van der Waals surface area contributed by atoms with Crippen LogP contribution >= 0.6 is 15.9 Å². The summed E-state index contributed by atoms with van der Waals surface area (Å²) < 4.78 is 17.2. The van der Waals surface area contributed by atoms with Crippen LogP contribution in [0.3, 0.4) is 0 Å². The highest BCUT2D eigenvalue weighted by Crippen LogP contribution is 2.33. The van der Waals surface area contributed by atoms with Crippen molar-refractivity contribution in [3.05, 3.63) is 52.0 Å². The summed E-state index contributed by atoms with van der Waals surface area (Å²) in [4.78, 5) is 0. The number of benzene rings is 2. The quantitative estimate of drug-likeness (QED) is 0.822. The van der Waals surface area contributed by atoms with Crippen LogP contribution in [0.5, 0.6) is 17.2 Å². The van der Waals surface area contributed by atoms with E-state index in [2.05, 4.69) is 22.0 Å². The lowest BCUT2D eigenvalue weighted by Gasteiger charge is -2.13. The van der Waals surface area contributed by atoms with Crippen molar-refractivity contribution >= 4 is 15.9 Å². The summed E-state index contributed by atoms with van der Waals surface area (Å²) in [6.07, 6.45) is 0. The molecular formula is C16H14BrNO3.